The van der Waals surface area contributed by atoms with Gasteiger partial charge in [-0.15, -0.1) is 0 Å². The van der Waals surface area contributed by atoms with E-state index < -0.39 is 12.5 Å². The van der Waals surface area contributed by atoms with Crippen molar-refractivity contribution in [2.75, 3.05) is 0 Å². The molecule has 7 heteroatoms. The molecule has 0 aliphatic rings. The number of carbonyl (C=O) groups excluding carboxylic acids is 1. The molecule has 2 N–H and O–H groups in total. The fraction of sp³-hybridized carbons (Fsp3) is 0.231. The smallest absolute Gasteiger partial charge is 0.387 e. The van der Waals surface area contributed by atoms with Crippen molar-refractivity contribution in [3.63, 3.8) is 0 Å². The van der Waals surface area contributed by atoms with Crippen molar-refractivity contribution in [2.45, 2.75) is 19.6 Å². The summed E-state index contributed by atoms with van der Waals surface area (Å²) in [5.41, 5.74) is 0.238. The minimum atomic E-state index is -2.92. The monoisotopic (exact) mass is 281 g/mol. The van der Waals surface area contributed by atoms with Crippen molar-refractivity contribution in [3.8, 4) is 5.75 Å². The third-order valence-electron chi connectivity index (χ3n) is 2.60. The van der Waals surface area contributed by atoms with E-state index in [0.29, 0.717) is 5.82 Å². The molecule has 1 aromatic carbocycles. The second-order valence-electron chi connectivity index (χ2n) is 4.08. The van der Waals surface area contributed by atoms with Crippen LogP contribution in [0.5, 0.6) is 5.75 Å². The van der Waals surface area contributed by atoms with Crippen LogP contribution in [0.4, 0.5) is 8.78 Å². The topological polar surface area (TPSA) is 67.0 Å². The van der Waals surface area contributed by atoms with Crippen LogP contribution in [0.25, 0.3) is 0 Å². The molecule has 5 nitrogen and oxygen atoms in total. The van der Waals surface area contributed by atoms with Crippen molar-refractivity contribution >= 4 is 5.91 Å². The number of carbonyl (C=O) groups is 1. The number of imidazole rings is 1. The second kappa shape index (κ2) is 6.14. The Morgan fingerprint density at radius 2 is 2.25 bits per heavy atom. The van der Waals surface area contributed by atoms with E-state index in [4.69, 9.17) is 0 Å². The van der Waals surface area contributed by atoms with E-state index in [2.05, 4.69) is 20.0 Å². The number of aromatic amines is 1. The summed E-state index contributed by atoms with van der Waals surface area (Å²) >= 11 is 0. The highest BCUT2D eigenvalue weighted by Crippen LogP contribution is 2.16. The number of benzene rings is 1. The standard InChI is InChI=1S/C13H13F2N3O2/c1-8(11-16-5-6-17-11)18-12(19)9-3-2-4-10(7-9)20-13(14)15/h2-8,13H,1H3,(H,16,17)(H,18,19). The molecule has 1 aromatic heterocycles. The van der Waals surface area contributed by atoms with Crippen molar-refractivity contribution in [2.24, 2.45) is 0 Å². The molecule has 0 saturated carbocycles. The molecule has 2 rings (SSSR count). The van der Waals surface area contributed by atoms with Crippen molar-refractivity contribution < 1.29 is 18.3 Å². The van der Waals surface area contributed by atoms with E-state index in [1.54, 1.807) is 19.3 Å². The highest BCUT2D eigenvalue weighted by molar-refractivity contribution is 5.94. The minimum absolute atomic E-state index is 0.0571. The van der Waals surface area contributed by atoms with Crippen molar-refractivity contribution in [3.05, 3.63) is 48.0 Å². The average molecular weight is 281 g/mol. The molecule has 0 radical (unpaired) electrons. The van der Waals surface area contributed by atoms with Gasteiger partial charge in [0.15, 0.2) is 0 Å². The second-order valence-corrected chi connectivity index (χ2v) is 4.08. The largest absolute Gasteiger partial charge is 0.435 e. The maximum atomic E-state index is 12.1. The van der Waals surface area contributed by atoms with E-state index in [1.807, 2.05) is 0 Å². The van der Waals surface area contributed by atoms with Crippen molar-refractivity contribution in [1.82, 2.24) is 15.3 Å². The summed E-state index contributed by atoms with van der Waals surface area (Å²) in [4.78, 5) is 18.9. The number of ether oxygens (including phenoxy) is 1. The lowest BCUT2D eigenvalue weighted by molar-refractivity contribution is -0.0498. The lowest BCUT2D eigenvalue weighted by Crippen LogP contribution is -2.27. The number of hydrogen-bond acceptors (Lipinski definition) is 3. The van der Waals surface area contributed by atoms with Gasteiger partial charge in [0.25, 0.3) is 5.91 Å². The van der Waals surface area contributed by atoms with Gasteiger partial charge in [0, 0.05) is 18.0 Å². The number of H-pyrrole nitrogens is 1. The zero-order valence-corrected chi connectivity index (χ0v) is 10.6. The minimum Gasteiger partial charge on any atom is -0.435 e. The van der Waals surface area contributed by atoms with Gasteiger partial charge in [0.05, 0.1) is 6.04 Å². The molecule has 1 unspecified atom stereocenters. The van der Waals surface area contributed by atoms with E-state index in [-0.39, 0.29) is 17.4 Å². The molecular formula is C13H13F2N3O2. The van der Waals surface area contributed by atoms with Gasteiger partial charge in [0.2, 0.25) is 0 Å². The molecule has 0 aliphatic carbocycles. The van der Waals surface area contributed by atoms with Gasteiger partial charge in [-0.3, -0.25) is 4.79 Å². The molecule has 0 spiro atoms. The van der Waals surface area contributed by atoms with Crippen LogP contribution in [0.15, 0.2) is 36.7 Å². The Kier molecular flexibility index (Phi) is 4.29. The molecule has 2 aromatic rings. The summed E-state index contributed by atoms with van der Waals surface area (Å²) in [5.74, 6) is 0.158. The Hall–Kier alpha value is -2.44. The Balaban J connectivity index is 2.05. The average Bonchev–Trinajstić information content (AvgIpc) is 2.92. The molecule has 0 fully saturated rings. The van der Waals surface area contributed by atoms with Gasteiger partial charge < -0.3 is 15.0 Å². The summed E-state index contributed by atoms with van der Waals surface area (Å²) in [6.07, 6.45) is 3.23. The molecular weight excluding hydrogens is 268 g/mol. The zero-order chi connectivity index (χ0) is 14.5. The van der Waals surface area contributed by atoms with Gasteiger partial charge in [-0.1, -0.05) is 6.07 Å². The van der Waals surface area contributed by atoms with Crippen molar-refractivity contribution in [1.29, 1.82) is 0 Å². The van der Waals surface area contributed by atoms with Crippen LogP contribution < -0.4 is 10.1 Å². The summed E-state index contributed by atoms with van der Waals surface area (Å²) < 4.78 is 28.5. The highest BCUT2D eigenvalue weighted by atomic mass is 19.3. The molecule has 20 heavy (non-hydrogen) atoms. The molecule has 1 atom stereocenters. The summed E-state index contributed by atoms with van der Waals surface area (Å²) in [6.45, 7) is -1.16. The van der Waals surface area contributed by atoms with Gasteiger partial charge in [0.1, 0.15) is 11.6 Å². The van der Waals surface area contributed by atoms with Gasteiger partial charge >= 0.3 is 6.61 Å². The lowest BCUT2D eigenvalue weighted by Gasteiger charge is -2.12. The van der Waals surface area contributed by atoms with Crippen LogP contribution in [0.2, 0.25) is 0 Å². The SMILES string of the molecule is CC(NC(=O)c1cccc(OC(F)F)c1)c1ncc[nH]1. The third-order valence-corrected chi connectivity index (χ3v) is 2.60. The predicted molar refractivity (Wildman–Crippen MR) is 67.5 cm³/mol. The van der Waals surface area contributed by atoms with Gasteiger partial charge in [-0.2, -0.15) is 8.78 Å². The Bertz CT molecular complexity index is 573. The summed E-state index contributed by atoms with van der Waals surface area (Å²) in [7, 11) is 0. The van der Waals surface area contributed by atoms with Gasteiger partial charge in [-0.05, 0) is 25.1 Å². The molecule has 0 bridgehead atoms. The third kappa shape index (κ3) is 3.53. The number of amides is 1. The van der Waals surface area contributed by atoms with E-state index in [1.165, 1.54) is 24.3 Å². The number of nitrogens with zero attached hydrogens (tertiary/aromatic N) is 1. The van der Waals surface area contributed by atoms with Crippen LogP contribution in [-0.4, -0.2) is 22.5 Å². The molecule has 0 aliphatic heterocycles. The number of halogens is 2. The quantitative estimate of drug-likeness (QED) is 0.884. The Morgan fingerprint density at radius 3 is 2.90 bits per heavy atom. The number of rotatable bonds is 5. The number of alkyl halides is 2. The highest BCUT2D eigenvalue weighted by Gasteiger charge is 2.14. The van der Waals surface area contributed by atoms with E-state index >= 15 is 0 Å². The first kappa shape index (κ1) is 14.0. The van der Waals surface area contributed by atoms with Crippen LogP contribution in [0, 0.1) is 0 Å². The number of hydrogen-bond donors (Lipinski definition) is 2. The fourth-order valence-corrected chi connectivity index (χ4v) is 1.68. The molecule has 1 amide bonds. The number of nitrogens with one attached hydrogen (secondary N) is 2. The lowest BCUT2D eigenvalue weighted by atomic mass is 10.2. The molecule has 1 heterocycles. The van der Waals surface area contributed by atoms with E-state index in [9.17, 15) is 13.6 Å². The maximum absolute atomic E-state index is 12.1. The molecule has 0 saturated heterocycles. The van der Waals surface area contributed by atoms with E-state index in [0.717, 1.165) is 0 Å². The maximum Gasteiger partial charge on any atom is 0.387 e. The number of aromatic nitrogens is 2. The van der Waals surface area contributed by atoms with Gasteiger partial charge in [-0.25, -0.2) is 4.98 Å². The first-order valence-electron chi connectivity index (χ1n) is 5.91. The predicted octanol–water partition coefficient (Wildman–Crippen LogP) is 2.50. The first-order valence-corrected chi connectivity index (χ1v) is 5.91. The van der Waals surface area contributed by atoms with Crippen LogP contribution in [0.3, 0.4) is 0 Å². The van der Waals surface area contributed by atoms with Crippen LogP contribution in [-0.2, 0) is 0 Å². The first-order chi connectivity index (χ1) is 9.56. The normalized spacial score (nSPS) is 12.2. The summed E-state index contributed by atoms with van der Waals surface area (Å²) in [6, 6.07) is 5.29. The van der Waals surface area contributed by atoms with Crippen LogP contribution in [0.1, 0.15) is 29.1 Å². The zero-order valence-electron chi connectivity index (χ0n) is 10.6. The van der Waals surface area contributed by atoms with Crippen LogP contribution >= 0.6 is 0 Å². The molecule has 106 valence electrons. The fourth-order valence-electron chi connectivity index (χ4n) is 1.68. The Labute approximate surface area is 114 Å². The summed E-state index contributed by atoms with van der Waals surface area (Å²) in [5, 5.41) is 2.70. The Morgan fingerprint density at radius 1 is 1.45 bits per heavy atom.